The molecule has 0 spiro atoms. The second-order valence-electron chi connectivity index (χ2n) is 3.33. The molecule has 1 unspecified atom stereocenters. The van der Waals surface area contributed by atoms with Crippen molar-refractivity contribution in [3.05, 3.63) is 17.3 Å². The van der Waals surface area contributed by atoms with Gasteiger partial charge in [-0.15, -0.1) is 10.2 Å². The third kappa shape index (κ3) is 3.36. The highest BCUT2D eigenvalue weighted by Gasteiger charge is 2.14. The Morgan fingerprint density at radius 1 is 1.60 bits per heavy atom. The Hall–Kier alpha value is -1.36. The minimum Gasteiger partial charge on any atom is -0.481 e. The van der Waals surface area contributed by atoms with E-state index in [4.69, 9.17) is 16.7 Å². The number of nitrogens with zero attached hydrogens (tertiary/aromatic N) is 3. The molecule has 0 aliphatic heterocycles. The normalized spacial score (nSPS) is 12.2. The standard InChI is InChI=1S/C9H12ClN3O2/c1-6(9(14)15)5-13(2)8-4-3-7(10)11-12-8/h3-4,6H,5H2,1-2H3,(H,14,15). The Labute approximate surface area is 92.7 Å². The second kappa shape index (κ2) is 4.93. The highest BCUT2D eigenvalue weighted by Crippen LogP contribution is 2.11. The molecule has 1 heterocycles. The van der Waals surface area contributed by atoms with Crippen LogP contribution in [-0.4, -0.2) is 34.9 Å². The van der Waals surface area contributed by atoms with Crippen LogP contribution in [0.15, 0.2) is 12.1 Å². The minimum atomic E-state index is -0.830. The number of carbonyl (C=O) groups is 1. The first-order valence-corrected chi connectivity index (χ1v) is 4.81. The van der Waals surface area contributed by atoms with Gasteiger partial charge in [0.25, 0.3) is 0 Å². The summed E-state index contributed by atoms with van der Waals surface area (Å²) in [6, 6.07) is 3.32. The van der Waals surface area contributed by atoms with Crippen LogP contribution in [0.5, 0.6) is 0 Å². The SMILES string of the molecule is CC(CN(C)c1ccc(Cl)nn1)C(=O)O. The molecule has 82 valence electrons. The molecule has 0 aliphatic rings. The van der Waals surface area contributed by atoms with E-state index in [1.807, 2.05) is 0 Å². The lowest BCUT2D eigenvalue weighted by Crippen LogP contribution is -2.29. The van der Waals surface area contributed by atoms with E-state index in [1.165, 1.54) is 0 Å². The number of anilines is 1. The van der Waals surface area contributed by atoms with Gasteiger partial charge in [-0.05, 0) is 12.1 Å². The summed E-state index contributed by atoms with van der Waals surface area (Å²) in [4.78, 5) is 12.4. The van der Waals surface area contributed by atoms with Gasteiger partial charge >= 0.3 is 5.97 Å². The van der Waals surface area contributed by atoms with Crippen LogP contribution in [0.1, 0.15) is 6.92 Å². The van der Waals surface area contributed by atoms with Crippen LogP contribution in [0.2, 0.25) is 5.15 Å². The van der Waals surface area contributed by atoms with E-state index in [0.29, 0.717) is 17.5 Å². The van der Waals surface area contributed by atoms with Crippen LogP contribution >= 0.6 is 11.6 Å². The lowest BCUT2D eigenvalue weighted by atomic mass is 10.2. The fraction of sp³-hybridized carbons (Fsp3) is 0.444. The third-order valence-electron chi connectivity index (χ3n) is 1.98. The molecule has 6 heteroatoms. The first-order chi connectivity index (χ1) is 7.00. The number of aliphatic carboxylic acids is 1. The Morgan fingerprint density at radius 3 is 2.73 bits per heavy atom. The van der Waals surface area contributed by atoms with E-state index in [-0.39, 0.29) is 0 Å². The summed E-state index contributed by atoms with van der Waals surface area (Å²) < 4.78 is 0. The molecular weight excluding hydrogens is 218 g/mol. The summed E-state index contributed by atoms with van der Waals surface area (Å²) >= 11 is 5.59. The smallest absolute Gasteiger partial charge is 0.308 e. The summed E-state index contributed by atoms with van der Waals surface area (Å²) in [7, 11) is 1.76. The monoisotopic (exact) mass is 229 g/mol. The number of aromatic nitrogens is 2. The van der Waals surface area contributed by atoms with Crippen molar-refractivity contribution < 1.29 is 9.90 Å². The maximum absolute atomic E-state index is 10.6. The molecule has 1 N–H and O–H groups in total. The van der Waals surface area contributed by atoms with Gasteiger partial charge in [0.15, 0.2) is 11.0 Å². The summed E-state index contributed by atoms with van der Waals surface area (Å²) in [5, 5.41) is 16.6. The van der Waals surface area contributed by atoms with Crippen molar-refractivity contribution in [1.29, 1.82) is 0 Å². The lowest BCUT2D eigenvalue weighted by Gasteiger charge is -2.19. The Morgan fingerprint density at radius 2 is 2.27 bits per heavy atom. The molecule has 1 aromatic heterocycles. The minimum absolute atomic E-state index is 0.318. The molecule has 0 amide bonds. The zero-order valence-corrected chi connectivity index (χ0v) is 9.27. The lowest BCUT2D eigenvalue weighted by molar-refractivity contribution is -0.140. The van der Waals surface area contributed by atoms with Gasteiger partial charge in [-0.3, -0.25) is 4.79 Å². The highest BCUT2D eigenvalue weighted by atomic mass is 35.5. The molecule has 0 radical (unpaired) electrons. The number of hydrogen-bond acceptors (Lipinski definition) is 4. The molecule has 0 aromatic carbocycles. The van der Waals surface area contributed by atoms with Crippen LogP contribution in [-0.2, 0) is 4.79 Å². The van der Waals surface area contributed by atoms with Crippen molar-refractivity contribution in [3.63, 3.8) is 0 Å². The van der Waals surface area contributed by atoms with Gasteiger partial charge in [0, 0.05) is 13.6 Å². The summed E-state index contributed by atoms with van der Waals surface area (Å²) in [6.07, 6.45) is 0. The number of hydrogen-bond donors (Lipinski definition) is 1. The van der Waals surface area contributed by atoms with Crippen LogP contribution in [0.4, 0.5) is 5.82 Å². The van der Waals surface area contributed by atoms with Crippen molar-refractivity contribution in [2.75, 3.05) is 18.5 Å². The molecule has 0 bridgehead atoms. The van der Waals surface area contributed by atoms with Gasteiger partial charge in [0.05, 0.1) is 5.92 Å². The average Bonchev–Trinajstić information content (AvgIpc) is 2.18. The van der Waals surface area contributed by atoms with E-state index in [2.05, 4.69) is 10.2 Å². The van der Waals surface area contributed by atoms with Crippen molar-refractivity contribution >= 4 is 23.4 Å². The van der Waals surface area contributed by atoms with Crippen LogP contribution in [0.25, 0.3) is 0 Å². The van der Waals surface area contributed by atoms with E-state index in [1.54, 1.807) is 31.0 Å². The molecule has 1 rings (SSSR count). The second-order valence-corrected chi connectivity index (χ2v) is 3.72. The Balaban J connectivity index is 2.64. The fourth-order valence-electron chi connectivity index (χ4n) is 1.09. The molecule has 0 saturated carbocycles. The average molecular weight is 230 g/mol. The number of rotatable bonds is 4. The largest absolute Gasteiger partial charge is 0.481 e. The maximum Gasteiger partial charge on any atom is 0.308 e. The van der Waals surface area contributed by atoms with Crippen molar-refractivity contribution in [3.8, 4) is 0 Å². The first kappa shape index (κ1) is 11.7. The maximum atomic E-state index is 10.6. The Bertz CT molecular complexity index is 342. The summed E-state index contributed by atoms with van der Waals surface area (Å²) in [5.74, 6) is -0.677. The zero-order chi connectivity index (χ0) is 11.4. The zero-order valence-electron chi connectivity index (χ0n) is 8.51. The van der Waals surface area contributed by atoms with E-state index >= 15 is 0 Å². The topological polar surface area (TPSA) is 66.3 Å². The quantitative estimate of drug-likeness (QED) is 0.843. The molecule has 5 nitrogen and oxygen atoms in total. The van der Waals surface area contributed by atoms with Crippen molar-refractivity contribution in [1.82, 2.24) is 10.2 Å². The molecule has 1 aromatic rings. The highest BCUT2D eigenvalue weighted by molar-refractivity contribution is 6.29. The molecule has 0 aliphatic carbocycles. The molecule has 0 fully saturated rings. The van der Waals surface area contributed by atoms with Gasteiger partial charge in [-0.25, -0.2) is 0 Å². The summed E-state index contributed by atoms with van der Waals surface area (Å²) in [6.45, 7) is 2.02. The molecule has 1 atom stereocenters. The van der Waals surface area contributed by atoms with Crippen molar-refractivity contribution in [2.45, 2.75) is 6.92 Å². The number of carboxylic acids is 1. The van der Waals surface area contributed by atoms with Crippen LogP contribution in [0.3, 0.4) is 0 Å². The van der Waals surface area contributed by atoms with Gasteiger partial charge in [-0.1, -0.05) is 18.5 Å². The predicted octanol–water partition coefficient (Wildman–Crippen LogP) is 1.29. The third-order valence-corrected chi connectivity index (χ3v) is 2.18. The van der Waals surface area contributed by atoms with Gasteiger partial charge < -0.3 is 10.0 Å². The van der Waals surface area contributed by atoms with E-state index in [0.717, 1.165) is 0 Å². The predicted molar refractivity (Wildman–Crippen MR) is 57.1 cm³/mol. The van der Waals surface area contributed by atoms with Crippen LogP contribution < -0.4 is 4.90 Å². The van der Waals surface area contributed by atoms with Gasteiger partial charge in [0.1, 0.15) is 0 Å². The van der Waals surface area contributed by atoms with E-state index in [9.17, 15) is 4.79 Å². The number of halogens is 1. The molecular formula is C9H12ClN3O2. The van der Waals surface area contributed by atoms with E-state index < -0.39 is 11.9 Å². The first-order valence-electron chi connectivity index (χ1n) is 4.44. The van der Waals surface area contributed by atoms with Crippen LogP contribution in [0, 0.1) is 5.92 Å². The fourth-order valence-corrected chi connectivity index (χ4v) is 1.20. The van der Waals surface area contributed by atoms with Crippen molar-refractivity contribution in [2.24, 2.45) is 5.92 Å². The van der Waals surface area contributed by atoms with Gasteiger partial charge in [-0.2, -0.15) is 0 Å². The number of carboxylic acid groups (broad SMARTS) is 1. The van der Waals surface area contributed by atoms with Gasteiger partial charge in [0.2, 0.25) is 0 Å². The molecule has 0 saturated heterocycles. The summed E-state index contributed by atoms with van der Waals surface area (Å²) in [5.41, 5.74) is 0. The molecule has 15 heavy (non-hydrogen) atoms. The Kier molecular flexibility index (Phi) is 3.85.